The number of para-hydroxylation sites is 2. The van der Waals surface area contributed by atoms with E-state index in [1.807, 2.05) is 72.1 Å². The van der Waals surface area contributed by atoms with Gasteiger partial charge in [-0.3, -0.25) is 0 Å². The Hall–Kier alpha value is -2.08. The van der Waals surface area contributed by atoms with Crippen molar-refractivity contribution >= 4 is 46.3 Å². The number of halogens is 1. The molecule has 0 aliphatic heterocycles. The molecule has 0 atom stereocenters. The highest BCUT2D eigenvalue weighted by Crippen LogP contribution is 2.23. The molecule has 2 aromatic carbocycles. The molecule has 0 spiro atoms. The summed E-state index contributed by atoms with van der Waals surface area (Å²) in [6.45, 7) is 0. The van der Waals surface area contributed by atoms with Gasteiger partial charge in [0, 0.05) is 22.9 Å². The molecule has 0 N–H and O–H groups in total. The van der Waals surface area contributed by atoms with Crippen LogP contribution in [-0.2, 0) is 5.75 Å². The van der Waals surface area contributed by atoms with E-state index in [0.29, 0.717) is 10.4 Å². The standard InChI is InChI=1S/C19H15ClN2OS2/c20-19-21-13-17(25-19)14-24-12-11-18(22-15-7-3-1-4-8-15)23-16-9-5-2-6-10-16/h1-13H,14H2/b12-11+,22-18?. The molecule has 0 saturated carbocycles. The van der Waals surface area contributed by atoms with Gasteiger partial charge in [0.1, 0.15) is 5.75 Å². The lowest BCUT2D eigenvalue weighted by Gasteiger charge is -2.05. The maximum atomic E-state index is 5.89. The number of thioether (sulfide) groups is 1. The molecule has 0 bridgehead atoms. The van der Waals surface area contributed by atoms with E-state index < -0.39 is 0 Å². The van der Waals surface area contributed by atoms with Gasteiger partial charge in [-0.1, -0.05) is 48.0 Å². The lowest BCUT2D eigenvalue weighted by molar-refractivity contribution is 0.556. The monoisotopic (exact) mass is 386 g/mol. The van der Waals surface area contributed by atoms with Gasteiger partial charge in [0.2, 0.25) is 5.90 Å². The molecule has 1 heterocycles. The van der Waals surface area contributed by atoms with Crippen LogP contribution in [0.5, 0.6) is 5.75 Å². The van der Waals surface area contributed by atoms with Crippen LogP contribution >= 0.6 is 34.7 Å². The molecule has 3 nitrogen and oxygen atoms in total. The Balaban J connectivity index is 1.69. The molecule has 1 aromatic heterocycles. The fraction of sp³-hybridized carbons (Fsp3) is 0.0526. The normalized spacial score (nSPS) is 11.8. The van der Waals surface area contributed by atoms with Gasteiger partial charge in [0.15, 0.2) is 4.47 Å². The van der Waals surface area contributed by atoms with Gasteiger partial charge in [-0.25, -0.2) is 9.98 Å². The van der Waals surface area contributed by atoms with E-state index >= 15 is 0 Å². The number of thiazole rings is 1. The number of hydrogen-bond acceptors (Lipinski definition) is 5. The van der Waals surface area contributed by atoms with Crippen LogP contribution in [0.3, 0.4) is 0 Å². The van der Waals surface area contributed by atoms with E-state index in [1.165, 1.54) is 11.3 Å². The molecular weight excluding hydrogens is 372 g/mol. The van der Waals surface area contributed by atoms with Gasteiger partial charge in [0.25, 0.3) is 0 Å². The first kappa shape index (κ1) is 17.7. The summed E-state index contributed by atoms with van der Waals surface area (Å²) in [5, 5.41) is 1.97. The zero-order chi connectivity index (χ0) is 17.3. The average molecular weight is 387 g/mol. The summed E-state index contributed by atoms with van der Waals surface area (Å²) in [7, 11) is 0. The van der Waals surface area contributed by atoms with Gasteiger partial charge in [-0.2, -0.15) is 0 Å². The third-order valence-corrected chi connectivity index (χ3v) is 5.12. The van der Waals surface area contributed by atoms with Crippen LogP contribution in [0, 0.1) is 0 Å². The number of aromatic nitrogens is 1. The molecule has 0 saturated heterocycles. The fourth-order valence-electron chi connectivity index (χ4n) is 1.92. The van der Waals surface area contributed by atoms with E-state index in [2.05, 4.69) is 9.98 Å². The van der Waals surface area contributed by atoms with E-state index in [9.17, 15) is 0 Å². The third kappa shape index (κ3) is 6.05. The second-order valence-corrected chi connectivity index (χ2v) is 7.49. The number of hydrogen-bond donors (Lipinski definition) is 0. The first-order chi connectivity index (χ1) is 12.3. The molecule has 6 heteroatoms. The Labute approximate surface area is 160 Å². The van der Waals surface area contributed by atoms with Gasteiger partial charge in [-0.15, -0.1) is 23.1 Å². The molecule has 0 unspecified atom stereocenters. The molecule has 0 aliphatic carbocycles. The number of rotatable bonds is 6. The fourth-order valence-corrected chi connectivity index (χ4v) is 3.68. The van der Waals surface area contributed by atoms with Crippen molar-refractivity contribution in [1.29, 1.82) is 0 Å². The van der Waals surface area contributed by atoms with Crippen LogP contribution in [-0.4, -0.2) is 10.9 Å². The number of aliphatic imine (C=N–C) groups is 1. The molecule has 126 valence electrons. The molecule has 0 radical (unpaired) electrons. The van der Waals surface area contributed by atoms with Crippen LogP contribution in [0.25, 0.3) is 0 Å². The van der Waals surface area contributed by atoms with E-state index in [0.717, 1.165) is 22.1 Å². The molecule has 0 fully saturated rings. The zero-order valence-electron chi connectivity index (χ0n) is 13.2. The quantitative estimate of drug-likeness (QED) is 0.365. The van der Waals surface area contributed by atoms with Crippen molar-refractivity contribution in [3.05, 3.63) is 87.7 Å². The summed E-state index contributed by atoms with van der Waals surface area (Å²) in [6.07, 6.45) is 3.67. The van der Waals surface area contributed by atoms with Crippen LogP contribution in [0.4, 0.5) is 5.69 Å². The maximum Gasteiger partial charge on any atom is 0.220 e. The van der Waals surface area contributed by atoms with Crippen molar-refractivity contribution in [2.24, 2.45) is 4.99 Å². The lowest BCUT2D eigenvalue weighted by Crippen LogP contribution is -2.04. The Bertz CT molecular complexity index is 848. The average Bonchev–Trinajstić information content (AvgIpc) is 3.06. The van der Waals surface area contributed by atoms with Crippen molar-refractivity contribution in [2.45, 2.75) is 5.75 Å². The summed E-state index contributed by atoms with van der Waals surface area (Å²) < 4.78 is 6.46. The second-order valence-electron chi connectivity index (χ2n) is 4.89. The summed E-state index contributed by atoms with van der Waals surface area (Å²) >= 11 is 8.97. The predicted octanol–water partition coefficient (Wildman–Crippen LogP) is 6.35. The first-order valence-electron chi connectivity index (χ1n) is 7.54. The predicted molar refractivity (Wildman–Crippen MR) is 108 cm³/mol. The summed E-state index contributed by atoms with van der Waals surface area (Å²) in [4.78, 5) is 9.74. The molecule has 3 aromatic rings. The minimum Gasteiger partial charge on any atom is -0.439 e. The van der Waals surface area contributed by atoms with Gasteiger partial charge < -0.3 is 4.74 Å². The molecule has 3 rings (SSSR count). The first-order valence-corrected chi connectivity index (χ1v) is 9.79. The zero-order valence-corrected chi connectivity index (χ0v) is 15.6. The highest BCUT2D eigenvalue weighted by molar-refractivity contribution is 8.01. The van der Waals surface area contributed by atoms with Crippen LogP contribution in [0.15, 0.2) is 83.3 Å². The third-order valence-electron chi connectivity index (χ3n) is 3.02. The summed E-state index contributed by atoms with van der Waals surface area (Å²) in [5.41, 5.74) is 0.845. The van der Waals surface area contributed by atoms with Crippen LogP contribution in [0.1, 0.15) is 4.88 Å². The number of benzene rings is 2. The SMILES string of the molecule is Clc1ncc(CS/C=C/C(=Nc2ccccc2)Oc2ccccc2)s1. The second kappa shape index (κ2) is 9.42. The largest absolute Gasteiger partial charge is 0.439 e. The highest BCUT2D eigenvalue weighted by Gasteiger charge is 2.01. The highest BCUT2D eigenvalue weighted by atomic mass is 35.5. The smallest absolute Gasteiger partial charge is 0.220 e. The van der Waals surface area contributed by atoms with Crippen LogP contribution in [0.2, 0.25) is 4.47 Å². The van der Waals surface area contributed by atoms with Crippen molar-refractivity contribution in [1.82, 2.24) is 4.98 Å². The van der Waals surface area contributed by atoms with E-state index in [1.54, 1.807) is 18.0 Å². The molecule has 25 heavy (non-hydrogen) atoms. The van der Waals surface area contributed by atoms with Crippen molar-refractivity contribution in [2.75, 3.05) is 0 Å². The topological polar surface area (TPSA) is 34.5 Å². The Morgan fingerprint density at radius 3 is 2.52 bits per heavy atom. The lowest BCUT2D eigenvalue weighted by atomic mass is 10.3. The van der Waals surface area contributed by atoms with Gasteiger partial charge in [0.05, 0.1) is 5.69 Å². The Morgan fingerprint density at radius 1 is 1.12 bits per heavy atom. The summed E-state index contributed by atoms with van der Waals surface area (Å²) in [5.74, 6) is 2.10. The van der Waals surface area contributed by atoms with Crippen LogP contribution < -0.4 is 4.74 Å². The maximum absolute atomic E-state index is 5.89. The molecule has 0 aliphatic rings. The molecule has 0 amide bonds. The van der Waals surface area contributed by atoms with Crippen molar-refractivity contribution in [3.8, 4) is 5.75 Å². The van der Waals surface area contributed by atoms with Gasteiger partial charge in [-0.05, 0) is 29.7 Å². The van der Waals surface area contributed by atoms with Crippen molar-refractivity contribution < 1.29 is 4.74 Å². The number of nitrogens with zero attached hydrogens (tertiary/aromatic N) is 2. The van der Waals surface area contributed by atoms with Gasteiger partial charge >= 0.3 is 0 Å². The molecular formula is C19H15ClN2OS2. The van der Waals surface area contributed by atoms with E-state index in [-0.39, 0.29) is 0 Å². The minimum absolute atomic E-state index is 0.534. The van der Waals surface area contributed by atoms with E-state index in [4.69, 9.17) is 16.3 Å². The Morgan fingerprint density at radius 2 is 1.84 bits per heavy atom. The number of ether oxygens (including phenoxy) is 1. The van der Waals surface area contributed by atoms with Crippen molar-refractivity contribution in [3.63, 3.8) is 0 Å². The minimum atomic E-state index is 0.534. The summed E-state index contributed by atoms with van der Waals surface area (Å²) in [6, 6.07) is 19.4. The Kier molecular flexibility index (Phi) is 6.68.